The van der Waals surface area contributed by atoms with Crippen LogP contribution in [0.1, 0.15) is 58.8 Å². The zero-order valence-corrected chi connectivity index (χ0v) is 14.5. The molecule has 0 saturated carbocycles. The molecule has 0 atom stereocenters. The zero-order chi connectivity index (χ0) is 18.0. The average molecular weight is 336 g/mol. The Morgan fingerprint density at radius 3 is 2.29 bits per heavy atom. The molecular weight excluding hydrogens is 312 g/mol. The van der Waals surface area contributed by atoms with Crippen molar-refractivity contribution in [3.63, 3.8) is 0 Å². The van der Waals surface area contributed by atoms with E-state index in [0.29, 0.717) is 48.4 Å². The summed E-state index contributed by atoms with van der Waals surface area (Å²) in [6, 6.07) is 0. The lowest BCUT2D eigenvalue weighted by Gasteiger charge is -2.30. The largest absolute Gasteiger partial charge is 0.481 e. The lowest BCUT2D eigenvalue weighted by Crippen LogP contribution is -2.40. The molecule has 1 saturated heterocycles. The van der Waals surface area contributed by atoms with E-state index >= 15 is 0 Å². The van der Waals surface area contributed by atoms with Gasteiger partial charge in [0.1, 0.15) is 5.69 Å². The Kier molecular flexibility index (Phi) is 5.31. The molecule has 132 valence electrons. The highest BCUT2D eigenvalue weighted by molar-refractivity contribution is 6.00. The number of carbonyl (C=O) groups is 3. The van der Waals surface area contributed by atoms with E-state index in [1.807, 2.05) is 0 Å². The van der Waals surface area contributed by atoms with Gasteiger partial charge in [-0.25, -0.2) is 4.79 Å². The Labute approximate surface area is 141 Å². The Hall–Kier alpha value is -2.31. The van der Waals surface area contributed by atoms with Gasteiger partial charge in [0.15, 0.2) is 0 Å². The maximum absolute atomic E-state index is 12.7. The summed E-state index contributed by atoms with van der Waals surface area (Å²) in [5.74, 6) is -1.85. The normalized spacial score (nSPS) is 15.6. The first kappa shape index (κ1) is 18.0. The van der Waals surface area contributed by atoms with Crippen LogP contribution in [0.5, 0.6) is 0 Å². The number of nitrogens with zero attached hydrogens (tertiary/aromatic N) is 1. The second-order valence-corrected chi connectivity index (χ2v) is 6.48. The van der Waals surface area contributed by atoms with Crippen LogP contribution in [0.3, 0.4) is 0 Å². The van der Waals surface area contributed by atoms with Crippen LogP contribution in [0.4, 0.5) is 0 Å². The minimum Gasteiger partial charge on any atom is -0.481 e. The lowest BCUT2D eigenvalue weighted by atomic mass is 9.97. The van der Waals surface area contributed by atoms with Gasteiger partial charge in [-0.2, -0.15) is 0 Å². The fourth-order valence-electron chi connectivity index (χ4n) is 3.03. The number of nitrogens with one attached hydrogen (secondary N) is 1. The standard InChI is InChI=1S/C17H24N2O5/c1-9(2)24-17(23)13-10(3)14(18-11(13)4)15(20)19-7-5-12(6-8-19)16(21)22/h9,12,18H,5-8H2,1-4H3,(H,21,22). The summed E-state index contributed by atoms with van der Waals surface area (Å²) in [6.07, 6.45) is 0.657. The molecule has 2 N–H and O–H groups in total. The van der Waals surface area contributed by atoms with Crippen molar-refractivity contribution in [2.24, 2.45) is 5.92 Å². The summed E-state index contributed by atoms with van der Waals surface area (Å²) < 4.78 is 5.23. The van der Waals surface area contributed by atoms with Crippen LogP contribution in [0.15, 0.2) is 0 Å². The Balaban J connectivity index is 2.17. The summed E-state index contributed by atoms with van der Waals surface area (Å²) in [7, 11) is 0. The highest BCUT2D eigenvalue weighted by atomic mass is 16.5. The summed E-state index contributed by atoms with van der Waals surface area (Å²) >= 11 is 0. The van der Waals surface area contributed by atoms with E-state index in [0.717, 1.165) is 0 Å². The summed E-state index contributed by atoms with van der Waals surface area (Å²) in [4.78, 5) is 40.5. The van der Waals surface area contributed by atoms with Crippen molar-refractivity contribution in [3.8, 4) is 0 Å². The highest BCUT2D eigenvalue weighted by Gasteiger charge is 2.30. The van der Waals surface area contributed by atoms with Crippen molar-refractivity contribution >= 4 is 17.8 Å². The van der Waals surface area contributed by atoms with E-state index in [2.05, 4.69) is 4.98 Å². The van der Waals surface area contributed by atoms with Crippen molar-refractivity contribution in [1.29, 1.82) is 0 Å². The molecule has 1 amide bonds. The monoisotopic (exact) mass is 336 g/mol. The molecule has 0 bridgehead atoms. The number of aryl methyl sites for hydroxylation is 1. The maximum Gasteiger partial charge on any atom is 0.340 e. The van der Waals surface area contributed by atoms with Gasteiger partial charge >= 0.3 is 11.9 Å². The van der Waals surface area contributed by atoms with Crippen LogP contribution in [0.2, 0.25) is 0 Å². The van der Waals surface area contributed by atoms with E-state index < -0.39 is 17.9 Å². The molecule has 2 heterocycles. The summed E-state index contributed by atoms with van der Waals surface area (Å²) in [5.41, 5.74) is 1.94. The minimum absolute atomic E-state index is 0.206. The number of piperidine rings is 1. The summed E-state index contributed by atoms with van der Waals surface area (Å²) in [6.45, 7) is 7.80. The molecule has 0 radical (unpaired) electrons. The van der Waals surface area contributed by atoms with Crippen LogP contribution in [-0.2, 0) is 9.53 Å². The number of rotatable bonds is 4. The van der Waals surface area contributed by atoms with E-state index in [-0.39, 0.29) is 12.0 Å². The van der Waals surface area contributed by atoms with Gasteiger partial charge in [0, 0.05) is 18.8 Å². The third-order valence-corrected chi connectivity index (χ3v) is 4.33. The number of aliphatic carboxylic acids is 1. The number of aromatic amines is 1. The maximum atomic E-state index is 12.7. The first-order valence-electron chi connectivity index (χ1n) is 8.14. The molecule has 1 aliphatic heterocycles. The Bertz CT molecular complexity index is 654. The van der Waals surface area contributed by atoms with Gasteiger partial charge < -0.3 is 19.7 Å². The van der Waals surface area contributed by atoms with E-state index in [4.69, 9.17) is 9.84 Å². The third kappa shape index (κ3) is 3.60. The lowest BCUT2D eigenvalue weighted by molar-refractivity contribution is -0.143. The number of carbonyl (C=O) groups excluding carboxylic acids is 2. The third-order valence-electron chi connectivity index (χ3n) is 4.33. The molecule has 24 heavy (non-hydrogen) atoms. The molecule has 0 aromatic carbocycles. The topological polar surface area (TPSA) is 99.7 Å². The van der Waals surface area contributed by atoms with Gasteiger partial charge in [0.05, 0.1) is 17.6 Å². The van der Waals surface area contributed by atoms with Gasteiger partial charge in [0.25, 0.3) is 5.91 Å². The van der Waals surface area contributed by atoms with Gasteiger partial charge in [-0.3, -0.25) is 9.59 Å². The first-order valence-corrected chi connectivity index (χ1v) is 8.14. The molecule has 0 spiro atoms. The van der Waals surface area contributed by atoms with Crippen molar-refractivity contribution in [2.75, 3.05) is 13.1 Å². The number of carboxylic acid groups (broad SMARTS) is 1. The Morgan fingerprint density at radius 2 is 1.79 bits per heavy atom. The summed E-state index contributed by atoms with van der Waals surface area (Å²) in [5, 5.41) is 9.04. The number of carboxylic acids is 1. The molecule has 0 unspecified atom stereocenters. The van der Waals surface area contributed by atoms with Crippen LogP contribution < -0.4 is 0 Å². The molecular formula is C17H24N2O5. The molecule has 7 nitrogen and oxygen atoms in total. The van der Waals surface area contributed by atoms with Gasteiger partial charge in [-0.05, 0) is 46.1 Å². The van der Waals surface area contributed by atoms with Crippen molar-refractivity contribution in [3.05, 3.63) is 22.5 Å². The first-order chi connectivity index (χ1) is 11.2. The Morgan fingerprint density at radius 1 is 1.21 bits per heavy atom. The molecule has 2 rings (SSSR count). The van der Waals surface area contributed by atoms with Crippen LogP contribution in [0.25, 0.3) is 0 Å². The minimum atomic E-state index is -0.812. The average Bonchev–Trinajstić information content (AvgIpc) is 2.80. The fraction of sp³-hybridized carbons (Fsp3) is 0.588. The van der Waals surface area contributed by atoms with Crippen LogP contribution in [0, 0.1) is 19.8 Å². The number of H-pyrrole nitrogens is 1. The molecule has 1 aromatic rings. The smallest absolute Gasteiger partial charge is 0.340 e. The van der Waals surface area contributed by atoms with Crippen molar-refractivity contribution < 1.29 is 24.2 Å². The van der Waals surface area contributed by atoms with Crippen LogP contribution in [-0.4, -0.2) is 52.0 Å². The van der Waals surface area contributed by atoms with Crippen LogP contribution >= 0.6 is 0 Å². The van der Waals surface area contributed by atoms with Gasteiger partial charge in [-0.1, -0.05) is 0 Å². The van der Waals surface area contributed by atoms with E-state index in [1.165, 1.54) is 0 Å². The quantitative estimate of drug-likeness (QED) is 0.821. The highest BCUT2D eigenvalue weighted by Crippen LogP contribution is 2.24. The predicted octanol–water partition coefficient (Wildman–Crippen LogP) is 2.13. The fourth-order valence-corrected chi connectivity index (χ4v) is 3.03. The van der Waals surface area contributed by atoms with Gasteiger partial charge in [0.2, 0.25) is 0 Å². The SMILES string of the molecule is Cc1[nH]c(C(=O)N2CCC(C(=O)O)CC2)c(C)c1C(=O)OC(C)C. The predicted molar refractivity (Wildman–Crippen MR) is 87.1 cm³/mol. The second kappa shape index (κ2) is 7.07. The number of esters is 1. The number of hydrogen-bond donors (Lipinski definition) is 2. The number of likely N-dealkylation sites (tertiary alicyclic amines) is 1. The van der Waals surface area contributed by atoms with Gasteiger partial charge in [-0.15, -0.1) is 0 Å². The second-order valence-electron chi connectivity index (χ2n) is 6.48. The molecule has 1 aromatic heterocycles. The number of hydrogen-bond acceptors (Lipinski definition) is 4. The zero-order valence-electron chi connectivity index (χ0n) is 14.5. The number of ether oxygens (including phenoxy) is 1. The molecule has 1 fully saturated rings. The molecule has 1 aliphatic rings. The molecule has 7 heteroatoms. The number of aromatic nitrogens is 1. The molecule has 0 aliphatic carbocycles. The van der Waals surface area contributed by atoms with Crippen molar-refractivity contribution in [2.45, 2.75) is 46.6 Å². The van der Waals surface area contributed by atoms with E-state index in [9.17, 15) is 14.4 Å². The van der Waals surface area contributed by atoms with E-state index in [1.54, 1.807) is 32.6 Å². The van der Waals surface area contributed by atoms with Crippen molar-refractivity contribution in [1.82, 2.24) is 9.88 Å². The number of amides is 1.